The molecule has 106 valence electrons. The highest BCUT2D eigenvalue weighted by Gasteiger charge is 1.98. The van der Waals surface area contributed by atoms with Crippen molar-refractivity contribution < 1.29 is 9.47 Å². The Balaban J connectivity index is 1.82. The first-order valence-corrected chi connectivity index (χ1v) is 6.99. The number of halogens is 1. The lowest BCUT2D eigenvalue weighted by Crippen LogP contribution is -2.06. The van der Waals surface area contributed by atoms with Crippen molar-refractivity contribution in [3.05, 3.63) is 46.7 Å². The molecule has 0 aliphatic carbocycles. The van der Waals surface area contributed by atoms with Crippen molar-refractivity contribution in [1.29, 1.82) is 0 Å². The summed E-state index contributed by atoms with van der Waals surface area (Å²) in [4.78, 5) is 8.48. The van der Waals surface area contributed by atoms with Gasteiger partial charge in [0, 0.05) is 36.6 Å². The Bertz CT molecular complexity index is 517. The zero-order valence-corrected chi connectivity index (χ0v) is 12.8. The zero-order chi connectivity index (χ0) is 14.2. The van der Waals surface area contributed by atoms with Crippen LogP contribution in [0.2, 0.25) is 0 Å². The summed E-state index contributed by atoms with van der Waals surface area (Å²) in [6.45, 7) is 1.73. The first-order chi connectivity index (χ1) is 9.78. The van der Waals surface area contributed by atoms with Crippen LogP contribution < -0.4 is 10.1 Å². The normalized spacial score (nSPS) is 10.3. The third kappa shape index (κ3) is 4.79. The molecule has 5 nitrogen and oxygen atoms in total. The van der Waals surface area contributed by atoms with Crippen LogP contribution in [-0.4, -0.2) is 30.3 Å². The molecule has 2 aromatic rings. The largest absolute Gasteiger partial charge is 0.475 e. The van der Waals surface area contributed by atoms with Gasteiger partial charge in [-0.05, 0) is 33.6 Å². The molecule has 0 aromatic carbocycles. The molecule has 20 heavy (non-hydrogen) atoms. The Morgan fingerprint density at radius 3 is 2.65 bits per heavy atom. The lowest BCUT2D eigenvalue weighted by Gasteiger charge is -2.07. The molecule has 0 spiro atoms. The number of methoxy groups -OCH3 is 1. The fourth-order valence-electron chi connectivity index (χ4n) is 1.50. The highest BCUT2D eigenvalue weighted by molar-refractivity contribution is 9.10. The van der Waals surface area contributed by atoms with Crippen molar-refractivity contribution in [1.82, 2.24) is 9.97 Å². The van der Waals surface area contributed by atoms with Crippen LogP contribution >= 0.6 is 15.9 Å². The average molecular weight is 338 g/mol. The van der Waals surface area contributed by atoms with Crippen molar-refractivity contribution in [2.24, 2.45) is 0 Å². The van der Waals surface area contributed by atoms with Crippen molar-refractivity contribution >= 4 is 21.7 Å². The number of hydrogen-bond donors (Lipinski definition) is 1. The van der Waals surface area contributed by atoms with Gasteiger partial charge in [-0.15, -0.1) is 0 Å². The highest BCUT2D eigenvalue weighted by Crippen LogP contribution is 2.12. The van der Waals surface area contributed by atoms with Gasteiger partial charge in [-0.3, -0.25) is 0 Å². The molecule has 2 heterocycles. The van der Waals surface area contributed by atoms with Gasteiger partial charge in [-0.2, -0.15) is 0 Å². The topological polar surface area (TPSA) is 56.3 Å². The second kappa shape index (κ2) is 7.81. The minimum Gasteiger partial charge on any atom is -0.475 e. The number of pyridine rings is 2. The third-order valence-corrected chi connectivity index (χ3v) is 3.01. The summed E-state index contributed by atoms with van der Waals surface area (Å²) in [6.07, 6.45) is 3.54. The van der Waals surface area contributed by atoms with E-state index in [2.05, 4.69) is 31.2 Å². The van der Waals surface area contributed by atoms with E-state index in [9.17, 15) is 0 Å². The van der Waals surface area contributed by atoms with Gasteiger partial charge in [0.05, 0.1) is 6.61 Å². The van der Waals surface area contributed by atoms with Gasteiger partial charge >= 0.3 is 0 Å². The Morgan fingerprint density at radius 2 is 2.00 bits per heavy atom. The Morgan fingerprint density at radius 1 is 1.10 bits per heavy atom. The summed E-state index contributed by atoms with van der Waals surface area (Å²) in [5.41, 5.74) is 1.06. The summed E-state index contributed by atoms with van der Waals surface area (Å²) in [6, 6.07) is 7.68. The minimum atomic E-state index is 0.504. The quantitative estimate of drug-likeness (QED) is 0.787. The van der Waals surface area contributed by atoms with Gasteiger partial charge in [-0.1, -0.05) is 6.07 Å². The molecule has 0 saturated heterocycles. The molecule has 0 aliphatic rings. The second-order valence-corrected chi connectivity index (χ2v) is 4.98. The summed E-state index contributed by atoms with van der Waals surface area (Å²) in [5, 5.41) is 3.23. The molecule has 6 heteroatoms. The molecule has 0 unspecified atom stereocenters. The first kappa shape index (κ1) is 14.7. The van der Waals surface area contributed by atoms with Crippen LogP contribution in [0.3, 0.4) is 0 Å². The smallest absolute Gasteiger partial charge is 0.213 e. The number of nitrogens with zero attached hydrogens (tertiary/aromatic N) is 2. The zero-order valence-electron chi connectivity index (χ0n) is 11.2. The molecule has 0 saturated carbocycles. The Kier molecular flexibility index (Phi) is 5.76. The molecule has 0 radical (unpaired) electrons. The van der Waals surface area contributed by atoms with E-state index < -0.39 is 0 Å². The maximum atomic E-state index is 5.40. The fourth-order valence-corrected chi connectivity index (χ4v) is 1.74. The molecular formula is C14H16BrN3O2. The number of ether oxygens (including phenoxy) is 2. The van der Waals surface area contributed by atoms with Crippen LogP contribution in [0.1, 0.15) is 5.56 Å². The van der Waals surface area contributed by atoms with Crippen molar-refractivity contribution in [3.63, 3.8) is 0 Å². The van der Waals surface area contributed by atoms with Gasteiger partial charge in [-0.25, -0.2) is 9.97 Å². The molecule has 2 aromatic heterocycles. The highest BCUT2D eigenvalue weighted by atomic mass is 79.9. The molecule has 2 rings (SSSR count). The Labute approximate surface area is 126 Å². The predicted molar refractivity (Wildman–Crippen MR) is 80.9 cm³/mol. The van der Waals surface area contributed by atoms with Gasteiger partial charge in [0.2, 0.25) is 5.88 Å². The van der Waals surface area contributed by atoms with E-state index in [1.807, 2.05) is 24.3 Å². The van der Waals surface area contributed by atoms with E-state index in [4.69, 9.17) is 9.47 Å². The molecule has 1 N–H and O–H groups in total. The maximum absolute atomic E-state index is 5.40. The molecular weight excluding hydrogens is 322 g/mol. The van der Waals surface area contributed by atoms with Crippen LogP contribution in [0.15, 0.2) is 41.1 Å². The molecule has 0 atom stereocenters. The van der Waals surface area contributed by atoms with E-state index in [-0.39, 0.29) is 0 Å². The second-order valence-electron chi connectivity index (χ2n) is 4.06. The average Bonchev–Trinajstić information content (AvgIpc) is 2.48. The van der Waals surface area contributed by atoms with Crippen LogP contribution in [0.4, 0.5) is 5.82 Å². The maximum Gasteiger partial charge on any atom is 0.213 e. The SMILES string of the molecule is COCCOc1ccc(CNc2ccc(Br)cn2)cn1. The van der Waals surface area contributed by atoms with Crippen LogP contribution in [-0.2, 0) is 11.3 Å². The number of rotatable bonds is 7. The minimum absolute atomic E-state index is 0.504. The summed E-state index contributed by atoms with van der Waals surface area (Å²) >= 11 is 3.35. The Hall–Kier alpha value is -1.66. The fraction of sp³-hybridized carbons (Fsp3) is 0.286. The lowest BCUT2D eigenvalue weighted by molar-refractivity contribution is 0.143. The molecule has 0 fully saturated rings. The van der Waals surface area contributed by atoms with Crippen LogP contribution in [0, 0.1) is 0 Å². The summed E-state index contributed by atoms with van der Waals surface area (Å²) in [7, 11) is 1.64. The van der Waals surface area contributed by atoms with Gasteiger partial charge in [0.15, 0.2) is 0 Å². The summed E-state index contributed by atoms with van der Waals surface area (Å²) < 4.78 is 11.3. The monoisotopic (exact) mass is 337 g/mol. The van der Waals surface area contributed by atoms with Crippen LogP contribution in [0.25, 0.3) is 0 Å². The van der Waals surface area contributed by atoms with Gasteiger partial charge in [0.25, 0.3) is 0 Å². The first-order valence-electron chi connectivity index (χ1n) is 6.20. The van der Waals surface area contributed by atoms with Crippen molar-refractivity contribution in [2.75, 3.05) is 25.6 Å². The number of hydrogen-bond acceptors (Lipinski definition) is 5. The predicted octanol–water partition coefficient (Wildman–Crippen LogP) is 2.88. The van der Waals surface area contributed by atoms with Crippen molar-refractivity contribution in [3.8, 4) is 5.88 Å². The lowest BCUT2D eigenvalue weighted by atomic mass is 10.3. The standard InChI is InChI=1S/C14H16BrN3O2/c1-19-6-7-20-14-5-2-11(9-18-14)8-16-13-4-3-12(15)10-17-13/h2-5,9-10H,6-8H2,1H3,(H,16,17). The molecule has 0 amide bonds. The van der Waals surface area contributed by atoms with E-state index in [0.29, 0.717) is 25.6 Å². The molecule has 0 bridgehead atoms. The third-order valence-electron chi connectivity index (χ3n) is 2.54. The number of aromatic nitrogens is 2. The van der Waals surface area contributed by atoms with E-state index in [1.165, 1.54) is 0 Å². The van der Waals surface area contributed by atoms with Crippen molar-refractivity contribution in [2.45, 2.75) is 6.54 Å². The number of anilines is 1. The van der Waals surface area contributed by atoms with E-state index >= 15 is 0 Å². The van der Waals surface area contributed by atoms with Gasteiger partial charge < -0.3 is 14.8 Å². The summed E-state index contributed by atoms with van der Waals surface area (Å²) in [5.74, 6) is 1.43. The van der Waals surface area contributed by atoms with E-state index in [0.717, 1.165) is 15.9 Å². The molecule has 0 aliphatic heterocycles. The van der Waals surface area contributed by atoms with Gasteiger partial charge in [0.1, 0.15) is 12.4 Å². The number of nitrogens with one attached hydrogen (secondary N) is 1. The van der Waals surface area contributed by atoms with Crippen LogP contribution in [0.5, 0.6) is 5.88 Å². The van der Waals surface area contributed by atoms with E-state index in [1.54, 1.807) is 19.5 Å².